The number of benzene rings is 1. The Hall–Kier alpha value is -2.61. The Balaban J connectivity index is 2.22. The quantitative estimate of drug-likeness (QED) is 0.191. The van der Waals surface area contributed by atoms with Crippen LogP contribution in [0.2, 0.25) is 0 Å². The van der Waals surface area contributed by atoms with Gasteiger partial charge in [-0.15, -0.1) is 0 Å². The SMILES string of the molecule is NC(N)=NCCCCCCC(=O)NC(OCc1ccccc1)C(=O)O. The number of rotatable bonds is 12. The van der Waals surface area contributed by atoms with Gasteiger partial charge in [-0.1, -0.05) is 43.2 Å². The summed E-state index contributed by atoms with van der Waals surface area (Å²) in [6.07, 6.45) is 2.15. The first-order chi connectivity index (χ1) is 12.0. The van der Waals surface area contributed by atoms with Gasteiger partial charge in [0.15, 0.2) is 5.96 Å². The lowest BCUT2D eigenvalue weighted by Crippen LogP contribution is -2.42. The van der Waals surface area contributed by atoms with E-state index in [4.69, 9.17) is 21.3 Å². The molecule has 1 unspecified atom stereocenters. The molecule has 0 aliphatic rings. The van der Waals surface area contributed by atoms with Gasteiger partial charge in [0.2, 0.25) is 12.1 Å². The van der Waals surface area contributed by atoms with Crippen molar-refractivity contribution in [3.63, 3.8) is 0 Å². The molecule has 0 aromatic heterocycles. The average Bonchev–Trinajstić information content (AvgIpc) is 2.58. The van der Waals surface area contributed by atoms with Gasteiger partial charge < -0.3 is 26.6 Å². The fourth-order valence-electron chi connectivity index (χ4n) is 2.11. The number of ether oxygens (including phenoxy) is 1. The number of carbonyl (C=O) groups is 2. The normalized spacial score (nSPS) is 11.5. The number of amides is 1. The molecule has 0 saturated heterocycles. The number of aliphatic carboxylic acids is 1. The average molecular weight is 350 g/mol. The van der Waals surface area contributed by atoms with Gasteiger partial charge in [0.1, 0.15) is 0 Å². The van der Waals surface area contributed by atoms with Crippen LogP contribution >= 0.6 is 0 Å². The smallest absolute Gasteiger partial charge is 0.354 e. The van der Waals surface area contributed by atoms with Crippen molar-refractivity contribution in [1.29, 1.82) is 0 Å². The molecule has 0 heterocycles. The Morgan fingerprint density at radius 1 is 1.12 bits per heavy atom. The van der Waals surface area contributed by atoms with Gasteiger partial charge in [0.25, 0.3) is 0 Å². The minimum absolute atomic E-state index is 0.0783. The number of nitrogens with two attached hydrogens (primary N) is 2. The minimum Gasteiger partial charge on any atom is -0.478 e. The zero-order valence-corrected chi connectivity index (χ0v) is 14.2. The molecule has 8 nitrogen and oxygen atoms in total. The molecule has 0 radical (unpaired) electrons. The number of unbranched alkanes of at least 4 members (excludes halogenated alkanes) is 3. The molecule has 138 valence electrons. The molecule has 1 rings (SSSR count). The molecule has 0 fully saturated rings. The van der Waals surface area contributed by atoms with Crippen LogP contribution in [0.5, 0.6) is 0 Å². The van der Waals surface area contributed by atoms with Gasteiger partial charge >= 0.3 is 5.97 Å². The molecule has 0 spiro atoms. The second kappa shape index (κ2) is 11.9. The van der Waals surface area contributed by atoms with E-state index in [2.05, 4.69) is 10.3 Å². The van der Waals surface area contributed by atoms with Gasteiger partial charge in [-0.05, 0) is 18.4 Å². The largest absolute Gasteiger partial charge is 0.478 e. The van der Waals surface area contributed by atoms with Gasteiger partial charge in [-0.25, -0.2) is 4.79 Å². The summed E-state index contributed by atoms with van der Waals surface area (Å²) in [5.74, 6) is -1.49. The van der Waals surface area contributed by atoms with Crippen molar-refractivity contribution in [1.82, 2.24) is 5.32 Å². The Kier molecular flexibility index (Phi) is 9.69. The molecular formula is C17H26N4O4. The van der Waals surface area contributed by atoms with Crippen LogP contribution in [0.15, 0.2) is 35.3 Å². The third-order valence-electron chi connectivity index (χ3n) is 3.38. The molecule has 1 aromatic carbocycles. The lowest BCUT2D eigenvalue weighted by Gasteiger charge is -2.15. The molecule has 8 heteroatoms. The molecule has 0 aliphatic carbocycles. The molecule has 25 heavy (non-hydrogen) atoms. The summed E-state index contributed by atoms with van der Waals surface area (Å²) in [6, 6.07) is 9.17. The Morgan fingerprint density at radius 3 is 2.44 bits per heavy atom. The lowest BCUT2D eigenvalue weighted by atomic mass is 10.1. The molecule has 0 aliphatic heterocycles. The lowest BCUT2D eigenvalue weighted by molar-refractivity contribution is -0.156. The van der Waals surface area contributed by atoms with Gasteiger partial charge in [-0.3, -0.25) is 9.79 Å². The second-order valence-electron chi connectivity index (χ2n) is 5.55. The first kappa shape index (κ1) is 20.4. The summed E-state index contributed by atoms with van der Waals surface area (Å²) in [5.41, 5.74) is 11.3. The maximum absolute atomic E-state index is 11.8. The van der Waals surface area contributed by atoms with E-state index in [-0.39, 0.29) is 24.9 Å². The van der Waals surface area contributed by atoms with Gasteiger partial charge in [-0.2, -0.15) is 0 Å². The highest BCUT2D eigenvalue weighted by Gasteiger charge is 2.20. The van der Waals surface area contributed by atoms with Crippen LogP contribution in [0.4, 0.5) is 0 Å². The molecule has 0 saturated carbocycles. The fraction of sp³-hybridized carbons (Fsp3) is 0.471. The summed E-state index contributed by atoms with van der Waals surface area (Å²) in [5, 5.41) is 11.5. The first-order valence-corrected chi connectivity index (χ1v) is 8.22. The summed E-state index contributed by atoms with van der Waals surface area (Å²) in [7, 11) is 0. The number of nitrogens with zero attached hydrogens (tertiary/aromatic N) is 1. The zero-order chi connectivity index (χ0) is 18.5. The van der Waals surface area contributed by atoms with E-state index in [0.29, 0.717) is 13.0 Å². The molecule has 1 aromatic rings. The number of hydrogen-bond donors (Lipinski definition) is 4. The van der Waals surface area contributed by atoms with Crippen LogP contribution in [0, 0.1) is 0 Å². The topological polar surface area (TPSA) is 140 Å². The first-order valence-electron chi connectivity index (χ1n) is 8.22. The maximum Gasteiger partial charge on any atom is 0.354 e. The summed E-state index contributed by atoms with van der Waals surface area (Å²) in [6.45, 7) is 0.686. The molecule has 6 N–H and O–H groups in total. The Bertz CT molecular complexity index is 559. The number of aliphatic imine (C=N–C) groups is 1. The highest BCUT2D eigenvalue weighted by Crippen LogP contribution is 2.05. The number of nitrogens with one attached hydrogen (secondary N) is 1. The standard InChI is InChI=1S/C17H26N4O4/c18-17(19)20-11-7-2-1-6-10-14(22)21-15(16(23)24)25-12-13-8-4-3-5-9-13/h3-5,8-9,15H,1-2,6-7,10-12H2,(H,21,22)(H,23,24)(H4,18,19,20). The van der Waals surface area contributed by atoms with Crippen molar-refractivity contribution < 1.29 is 19.4 Å². The number of hydrogen-bond acceptors (Lipinski definition) is 4. The summed E-state index contributed by atoms with van der Waals surface area (Å²) in [4.78, 5) is 26.9. The van der Waals surface area contributed by atoms with Crippen LogP contribution in [0.3, 0.4) is 0 Å². The van der Waals surface area contributed by atoms with Crippen molar-refractivity contribution >= 4 is 17.8 Å². The van der Waals surface area contributed by atoms with Crippen LogP contribution < -0.4 is 16.8 Å². The third kappa shape index (κ3) is 9.98. The Morgan fingerprint density at radius 2 is 1.80 bits per heavy atom. The van der Waals surface area contributed by atoms with E-state index in [9.17, 15) is 9.59 Å². The van der Waals surface area contributed by atoms with E-state index in [0.717, 1.165) is 24.8 Å². The third-order valence-corrected chi connectivity index (χ3v) is 3.38. The summed E-state index contributed by atoms with van der Waals surface area (Å²) >= 11 is 0. The predicted molar refractivity (Wildman–Crippen MR) is 94.6 cm³/mol. The van der Waals surface area contributed by atoms with Gasteiger partial charge in [0, 0.05) is 13.0 Å². The highest BCUT2D eigenvalue weighted by atomic mass is 16.5. The fourth-order valence-corrected chi connectivity index (χ4v) is 2.11. The van der Waals surface area contributed by atoms with Crippen LogP contribution in [0.1, 0.15) is 37.7 Å². The van der Waals surface area contributed by atoms with E-state index in [1.54, 1.807) is 0 Å². The van der Waals surface area contributed by atoms with Crippen LogP contribution in [-0.4, -0.2) is 35.7 Å². The molecular weight excluding hydrogens is 324 g/mol. The number of carboxylic acid groups (broad SMARTS) is 1. The van der Waals surface area contributed by atoms with E-state index in [1.165, 1.54) is 0 Å². The van der Waals surface area contributed by atoms with Crippen molar-refractivity contribution in [3.05, 3.63) is 35.9 Å². The van der Waals surface area contributed by atoms with Gasteiger partial charge in [0.05, 0.1) is 6.61 Å². The van der Waals surface area contributed by atoms with E-state index < -0.39 is 12.2 Å². The summed E-state index contributed by atoms with van der Waals surface area (Å²) < 4.78 is 5.27. The molecule has 1 atom stereocenters. The predicted octanol–water partition coefficient (Wildman–Crippen LogP) is 0.954. The molecule has 0 bridgehead atoms. The number of carbonyl (C=O) groups excluding carboxylic acids is 1. The number of guanidine groups is 1. The molecule has 1 amide bonds. The zero-order valence-electron chi connectivity index (χ0n) is 14.2. The van der Waals surface area contributed by atoms with Crippen LogP contribution in [-0.2, 0) is 20.9 Å². The van der Waals surface area contributed by atoms with Crippen molar-refractivity contribution in [2.45, 2.75) is 44.9 Å². The Labute approximate surface area is 147 Å². The second-order valence-corrected chi connectivity index (χ2v) is 5.55. The van der Waals surface area contributed by atoms with E-state index >= 15 is 0 Å². The van der Waals surface area contributed by atoms with Crippen LogP contribution in [0.25, 0.3) is 0 Å². The van der Waals surface area contributed by atoms with E-state index in [1.807, 2.05) is 30.3 Å². The monoisotopic (exact) mass is 350 g/mol. The maximum atomic E-state index is 11.8. The highest BCUT2D eigenvalue weighted by molar-refractivity contribution is 5.82. The number of carboxylic acids is 1. The van der Waals surface area contributed by atoms with Crippen molar-refractivity contribution in [2.24, 2.45) is 16.5 Å². The minimum atomic E-state index is -1.35. The van der Waals surface area contributed by atoms with Crippen molar-refractivity contribution in [2.75, 3.05) is 6.54 Å². The van der Waals surface area contributed by atoms with Crippen molar-refractivity contribution in [3.8, 4) is 0 Å².